The minimum absolute atomic E-state index is 0.0704. The van der Waals surface area contributed by atoms with Crippen LogP contribution in [0.4, 0.5) is 5.82 Å². The number of pyridine rings is 1. The minimum Gasteiger partial charge on any atom is -0.310 e. The van der Waals surface area contributed by atoms with Crippen LogP contribution in [0.25, 0.3) is 0 Å². The molecule has 1 aliphatic heterocycles. The van der Waals surface area contributed by atoms with Crippen molar-refractivity contribution in [1.82, 2.24) is 4.98 Å². The van der Waals surface area contributed by atoms with Crippen molar-refractivity contribution < 1.29 is 4.79 Å². The van der Waals surface area contributed by atoms with Crippen LogP contribution in [0.3, 0.4) is 0 Å². The zero-order chi connectivity index (χ0) is 11.1. The van der Waals surface area contributed by atoms with Gasteiger partial charge in [-0.25, -0.2) is 4.98 Å². The van der Waals surface area contributed by atoms with E-state index in [-0.39, 0.29) is 11.3 Å². The molecule has 2 heterocycles. The highest BCUT2D eigenvalue weighted by atomic mass is 16.1. The number of carbonyl (C=O) groups is 1. The third-order valence-corrected chi connectivity index (χ3v) is 2.72. The quantitative estimate of drug-likeness (QED) is 0.704. The Kier molecular flexibility index (Phi) is 2.25. The Morgan fingerprint density at radius 3 is 2.73 bits per heavy atom. The summed E-state index contributed by atoms with van der Waals surface area (Å²) in [6.45, 7) is 6.54. The monoisotopic (exact) mass is 204 g/mol. The van der Waals surface area contributed by atoms with E-state index in [1.54, 1.807) is 6.20 Å². The van der Waals surface area contributed by atoms with E-state index in [1.807, 2.05) is 0 Å². The molecule has 1 aromatic heterocycles. The van der Waals surface area contributed by atoms with Gasteiger partial charge in [-0.2, -0.15) is 0 Å². The normalized spacial score (nSPS) is 15.8. The van der Waals surface area contributed by atoms with E-state index in [0.717, 1.165) is 12.2 Å². The van der Waals surface area contributed by atoms with Crippen molar-refractivity contribution in [2.24, 2.45) is 0 Å². The maximum absolute atomic E-state index is 11.2. The van der Waals surface area contributed by atoms with Gasteiger partial charge in [0.25, 0.3) is 0 Å². The van der Waals surface area contributed by atoms with Gasteiger partial charge in [0.05, 0.1) is 0 Å². The lowest BCUT2D eigenvalue weighted by Gasteiger charge is -2.26. The van der Waals surface area contributed by atoms with Gasteiger partial charge in [-0.15, -0.1) is 0 Å². The number of rotatable bonds is 0. The molecule has 80 valence electrons. The van der Waals surface area contributed by atoms with Crippen molar-refractivity contribution in [2.75, 3.05) is 5.32 Å². The Morgan fingerprint density at radius 1 is 1.33 bits per heavy atom. The Labute approximate surface area is 89.9 Å². The summed E-state index contributed by atoms with van der Waals surface area (Å²) in [6.07, 6.45) is 3.15. The van der Waals surface area contributed by atoms with E-state index in [1.165, 1.54) is 11.1 Å². The largest absolute Gasteiger partial charge is 0.310 e. The summed E-state index contributed by atoms with van der Waals surface area (Å²) < 4.78 is 0. The molecule has 0 atom stereocenters. The van der Waals surface area contributed by atoms with Crippen LogP contribution >= 0.6 is 0 Å². The summed E-state index contributed by atoms with van der Waals surface area (Å²) in [5.74, 6) is 0.819. The second-order valence-electron chi connectivity index (χ2n) is 4.98. The second-order valence-corrected chi connectivity index (χ2v) is 4.98. The lowest BCUT2D eigenvalue weighted by molar-refractivity contribution is -0.116. The number of aromatic nitrogens is 1. The van der Waals surface area contributed by atoms with E-state index in [9.17, 15) is 4.79 Å². The highest BCUT2D eigenvalue weighted by Crippen LogP contribution is 2.31. The fourth-order valence-electron chi connectivity index (χ4n) is 1.99. The molecule has 1 amide bonds. The van der Waals surface area contributed by atoms with Gasteiger partial charge in [0.1, 0.15) is 5.82 Å². The lowest BCUT2D eigenvalue weighted by atomic mass is 9.82. The van der Waals surface area contributed by atoms with E-state index in [2.05, 4.69) is 37.1 Å². The number of fused-ring (bicyclic) bond motifs is 1. The van der Waals surface area contributed by atoms with Crippen molar-refractivity contribution in [3.63, 3.8) is 0 Å². The molecule has 2 rings (SSSR count). The first-order chi connectivity index (χ1) is 6.98. The average molecular weight is 204 g/mol. The van der Waals surface area contributed by atoms with E-state index >= 15 is 0 Å². The standard InChI is InChI=1S/C12H16N2O/c1-12(2,3)9-6-7-13-11-8(9)4-5-10(15)14-11/h6-7H,4-5H2,1-3H3,(H,13,14,15). The number of hydrogen-bond acceptors (Lipinski definition) is 2. The molecule has 3 nitrogen and oxygen atoms in total. The van der Waals surface area contributed by atoms with Gasteiger partial charge in [-0.05, 0) is 29.0 Å². The maximum atomic E-state index is 11.2. The molecule has 0 aliphatic carbocycles. The molecule has 0 unspecified atom stereocenters. The number of hydrogen-bond donors (Lipinski definition) is 1. The average Bonchev–Trinajstić information content (AvgIpc) is 2.15. The van der Waals surface area contributed by atoms with Crippen molar-refractivity contribution in [3.8, 4) is 0 Å². The third-order valence-electron chi connectivity index (χ3n) is 2.72. The highest BCUT2D eigenvalue weighted by Gasteiger charge is 2.24. The molecular weight excluding hydrogens is 188 g/mol. The Balaban J connectivity index is 2.51. The molecule has 0 saturated heterocycles. The van der Waals surface area contributed by atoms with Crippen LogP contribution in [-0.4, -0.2) is 10.9 Å². The molecule has 1 N–H and O–H groups in total. The summed E-state index contributed by atoms with van der Waals surface area (Å²) in [6, 6.07) is 2.05. The molecule has 0 spiro atoms. The van der Waals surface area contributed by atoms with Crippen LogP contribution in [0.15, 0.2) is 12.3 Å². The Hall–Kier alpha value is -1.38. The lowest BCUT2D eigenvalue weighted by Crippen LogP contribution is -2.24. The number of nitrogens with one attached hydrogen (secondary N) is 1. The summed E-state index contributed by atoms with van der Waals surface area (Å²) in [5, 5.41) is 2.82. The first-order valence-corrected chi connectivity index (χ1v) is 5.27. The van der Waals surface area contributed by atoms with Gasteiger partial charge in [0, 0.05) is 12.6 Å². The van der Waals surface area contributed by atoms with Gasteiger partial charge >= 0.3 is 0 Å². The maximum Gasteiger partial charge on any atom is 0.225 e. The molecule has 15 heavy (non-hydrogen) atoms. The SMILES string of the molecule is CC(C)(C)c1ccnc2c1CCC(=O)N2. The molecule has 0 fully saturated rings. The van der Waals surface area contributed by atoms with Crippen LogP contribution in [0.1, 0.15) is 38.3 Å². The van der Waals surface area contributed by atoms with Gasteiger partial charge in [0.15, 0.2) is 0 Å². The van der Waals surface area contributed by atoms with Gasteiger partial charge in [-0.3, -0.25) is 4.79 Å². The molecule has 0 saturated carbocycles. The number of amides is 1. The second kappa shape index (κ2) is 3.33. The number of carbonyl (C=O) groups excluding carboxylic acids is 1. The topological polar surface area (TPSA) is 42.0 Å². The van der Waals surface area contributed by atoms with Crippen LogP contribution in [-0.2, 0) is 16.6 Å². The molecule has 0 aromatic carbocycles. The molecule has 1 aliphatic rings. The van der Waals surface area contributed by atoms with Crippen molar-refractivity contribution >= 4 is 11.7 Å². The van der Waals surface area contributed by atoms with E-state index in [4.69, 9.17) is 0 Å². The van der Waals surface area contributed by atoms with Crippen molar-refractivity contribution in [3.05, 3.63) is 23.4 Å². The summed E-state index contributed by atoms with van der Waals surface area (Å²) in [5.41, 5.74) is 2.59. The Morgan fingerprint density at radius 2 is 2.07 bits per heavy atom. The van der Waals surface area contributed by atoms with Gasteiger partial charge in [0.2, 0.25) is 5.91 Å². The van der Waals surface area contributed by atoms with E-state index < -0.39 is 0 Å². The van der Waals surface area contributed by atoms with Crippen LogP contribution in [0, 0.1) is 0 Å². The zero-order valence-electron chi connectivity index (χ0n) is 9.42. The molecular formula is C12H16N2O. The fourth-order valence-corrected chi connectivity index (χ4v) is 1.99. The van der Waals surface area contributed by atoms with E-state index in [0.29, 0.717) is 6.42 Å². The van der Waals surface area contributed by atoms with Gasteiger partial charge in [-0.1, -0.05) is 20.8 Å². The first-order valence-electron chi connectivity index (χ1n) is 5.27. The number of nitrogens with zero attached hydrogens (tertiary/aromatic N) is 1. The first kappa shape index (κ1) is 10.1. The van der Waals surface area contributed by atoms with Gasteiger partial charge < -0.3 is 5.32 Å². The highest BCUT2D eigenvalue weighted by molar-refractivity contribution is 5.93. The fraction of sp³-hybridized carbons (Fsp3) is 0.500. The van der Waals surface area contributed by atoms with Crippen LogP contribution < -0.4 is 5.32 Å². The predicted octanol–water partition coefficient (Wildman–Crippen LogP) is 2.26. The summed E-state index contributed by atoms with van der Waals surface area (Å²) in [7, 11) is 0. The van der Waals surface area contributed by atoms with Crippen LogP contribution in [0.2, 0.25) is 0 Å². The molecule has 1 aromatic rings. The minimum atomic E-state index is 0.0704. The number of anilines is 1. The summed E-state index contributed by atoms with van der Waals surface area (Å²) in [4.78, 5) is 15.4. The third kappa shape index (κ3) is 1.87. The van der Waals surface area contributed by atoms with Crippen molar-refractivity contribution in [1.29, 1.82) is 0 Å². The smallest absolute Gasteiger partial charge is 0.225 e. The Bertz CT molecular complexity index is 405. The molecule has 3 heteroatoms. The predicted molar refractivity (Wildman–Crippen MR) is 59.9 cm³/mol. The molecule has 0 bridgehead atoms. The zero-order valence-corrected chi connectivity index (χ0v) is 9.42. The summed E-state index contributed by atoms with van der Waals surface area (Å²) >= 11 is 0. The van der Waals surface area contributed by atoms with Crippen LogP contribution in [0.5, 0.6) is 0 Å². The van der Waals surface area contributed by atoms with Crippen molar-refractivity contribution in [2.45, 2.75) is 39.0 Å². The molecule has 0 radical (unpaired) electrons.